The monoisotopic (exact) mass is 505 g/mol. The number of nitrogens with one attached hydrogen (secondary N) is 1. The number of ether oxygens (including phenoxy) is 3. The van der Waals surface area contributed by atoms with Crippen molar-refractivity contribution in [3.8, 4) is 11.5 Å². The highest BCUT2D eigenvalue weighted by Gasteiger charge is 2.27. The summed E-state index contributed by atoms with van der Waals surface area (Å²) in [5.41, 5.74) is 1.51. The summed E-state index contributed by atoms with van der Waals surface area (Å²) < 4.78 is 18.1. The average molecular weight is 506 g/mol. The van der Waals surface area contributed by atoms with Crippen molar-refractivity contribution in [3.63, 3.8) is 0 Å². The highest BCUT2D eigenvalue weighted by Crippen LogP contribution is 2.29. The van der Waals surface area contributed by atoms with Gasteiger partial charge in [0.25, 0.3) is 0 Å². The van der Waals surface area contributed by atoms with E-state index in [-0.39, 0.29) is 18.3 Å². The number of carbonyl (C=O) groups is 1. The first-order chi connectivity index (χ1) is 17.6. The molecule has 0 saturated carbocycles. The third-order valence-electron chi connectivity index (χ3n) is 5.82. The number of amides is 1. The molecule has 194 valence electrons. The van der Waals surface area contributed by atoms with Gasteiger partial charge in [-0.05, 0) is 63.6 Å². The van der Waals surface area contributed by atoms with Gasteiger partial charge in [-0.1, -0.05) is 6.07 Å². The van der Waals surface area contributed by atoms with Crippen LogP contribution in [0.4, 0.5) is 10.6 Å². The van der Waals surface area contributed by atoms with Crippen LogP contribution in [0.3, 0.4) is 0 Å². The van der Waals surface area contributed by atoms with Crippen molar-refractivity contribution in [2.75, 3.05) is 19.1 Å². The summed E-state index contributed by atoms with van der Waals surface area (Å²) in [6, 6.07) is 12.1. The third kappa shape index (κ3) is 5.58. The SMILES string of the molecule is COc1ccc(CN(C(=O)OC(C)(C)C)c2ccc3[nH]c(=O)n([C@H](C)c4cccnc4)c3n2)c(OC)c1. The van der Waals surface area contributed by atoms with Gasteiger partial charge in [-0.15, -0.1) is 0 Å². The number of aromatic nitrogens is 4. The summed E-state index contributed by atoms with van der Waals surface area (Å²) in [5.74, 6) is 1.51. The van der Waals surface area contributed by atoms with Gasteiger partial charge in [0.15, 0.2) is 5.65 Å². The fourth-order valence-electron chi connectivity index (χ4n) is 3.98. The van der Waals surface area contributed by atoms with Crippen molar-refractivity contribution in [1.29, 1.82) is 0 Å². The Bertz CT molecular complexity index is 1460. The second kappa shape index (κ2) is 10.3. The van der Waals surface area contributed by atoms with Crippen molar-refractivity contribution in [2.24, 2.45) is 0 Å². The van der Waals surface area contributed by atoms with Crippen LogP contribution >= 0.6 is 0 Å². The van der Waals surface area contributed by atoms with E-state index in [0.717, 1.165) is 11.1 Å². The molecule has 10 nitrogen and oxygen atoms in total. The molecule has 1 atom stereocenters. The number of hydrogen-bond acceptors (Lipinski definition) is 7. The van der Waals surface area contributed by atoms with Gasteiger partial charge in [0, 0.05) is 24.0 Å². The zero-order valence-electron chi connectivity index (χ0n) is 21.8. The van der Waals surface area contributed by atoms with Gasteiger partial charge in [-0.2, -0.15) is 0 Å². The number of nitrogens with zero attached hydrogens (tertiary/aromatic N) is 4. The first kappa shape index (κ1) is 25.7. The van der Waals surface area contributed by atoms with E-state index in [1.807, 2.05) is 25.1 Å². The van der Waals surface area contributed by atoms with Crippen LogP contribution in [0, 0.1) is 0 Å². The Labute approximate surface area is 214 Å². The normalized spacial score (nSPS) is 12.3. The smallest absolute Gasteiger partial charge is 0.416 e. The first-order valence-electron chi connectivity index (χ1n) is 11.8. The number of aromatic amines is 1. The molecule has 4 rings (SSSR count). The van der Waals surface area contributed by atoms with Crippen molar-refractivity contribution in [3.05, 3.63) is 76.5 Å². The number of anilines is 1. The maximum Gasteiger partial charge on any atom is 0.416 e. The Balaban J connectivity index is 1.81. The number of rotatable bonds is 7. The average Bonchev–Trinajstić information content (AvgIpc) is 3.21. The van der Waals surface area contributed by atoms with Gasteiger partial charge < -0.3 is 19.2 Å². The zero-order valence-corrected chi connectivity index (χ0v) is 21.8. The lowest BCUT2D eigenvalue weighted by molar-refractivity contribution is 0.0576. The van der Waals surface area contributed by atoms with E-state index in [0.29, 0.717) is 28.5 Å². The van der Waals surface area contributed by atoms with Crippen molar-refractivity contribution < 1.29 is 19.0 Å². The fourth-order valence-corrected chi connectivity index (χ4v) is 3.98. The molecule has 0 aliphatic heterocycles. The van der Waals surface area contributed by atoms with Crippen LogP contribution in [-0.4, -0.2) is 45.4 Å². The van der Waals surface area contributed by atoms with Crippen LogP contribution in [0.5, 0.6) is 11.5 Å². The number of fused-ring (bicyclic) bond motifs is 1. The van der Waals surface area contributed by atoms with Gasteiger partial charge in [-0.3, -0.25) is 14.5 Å². The minimum Gasteiger partial charge on any atom is -0.497 e. The number of H-pyrrole nitrogens is 1. The molecule has 0 aliphatic rings. The Morgan fingerprint density at radius 1 is 1.14 bits per heavy atom. The van der Waals surface area contributed by atoms with E-state index in [2.05, 4.69) is 9.97 Å². The number of hydrogen-bond donors (Lipinski definition) is 1. The molecular formula is C27H31N5O5. The largest absolute Gasteiger partial charge is 0.497 e. The molecule has 1 N–H and O–H groups in total. The van der Waals surface area contributed by atoms with Gasteiger partial charge in [0.05, 0.1) is 32.3 Å². The molecular weight excluding hydrogens is 474 g/mol. The second-order valence-electron chi connectivity index (χ2n) is 9.55. The topological polar surface area (TPSA) is 112 Å². The van der Waals surface area contributed by atoms with Crippen LogP contribution in [-0.2, 0) is 11.3 Å². The second-order valence-corrected chi connectivity index (χ2v) is 9.55. The van der Waals surface area contributed by atoms with Crippen molar-refractivity contribution >= 4 is 23.1 Å². The minimum atomic E-state index is -0.728. The summed E-state index contributed by atoms with van der Waals surface area (Å²) in [6.45, 7) is 7.41. The predicted molar refractivity (Wildman–Crippen MR) is 140 cm³/mol. The predicted octanol–water partition coefficient (Wildman–Crippen LogP) is 4.69. The molecule has 10 heteroatoms. The molecule has 3 heterocycles. The quantitative estimate of drug-likeness (QED) is 0.388. The number of benzene rings is 1. The fraction of sp³-hybridized carbons (Fsp3) is 0.333. The maximum atomic E-state index is 13.4. The van der Waals surface area contributed by atoms with E-state index in [4.69, 9.17) is 19.2 Å². The number of methoxy groups -OCH3 is 2. The molecule has 0 bridgehead atoms. The van der Waals surface area contributed by atoms with Gasteiger partial charge in [0.1, 0.15) is 22.9 Å². The highest BCUT2D eigenvalue weighted by atomic mass is 16.6. The Kier molecular flexibility index (Phi) is 7.19. The Morgan fingerprint density at radius 2 is 1.92 bits per heavy atom. The number of carbonyl (C=O) groups excluding carboxylic acids is 1. The molecule has 0 fully saturated rings. The van der Waals surface area contributed by atoms with Crippen LogP contribution in [0.1, 0.15) is 44.9 Å². The van der Waals surface area contributed by atoms with Crippen LogP contribution in [0.15, 0.2) is 59.7 Å². The van der Waals surface area contributed by atoms with E-state index in [1.165, 1.54) is 4.90 Å². The Morgan fingerprint density at radius 3 is 2.57 bits per heavy atom. The number of imidazole rings is 1. The van der Waals surface area contributed by atoms with E-state index >= 15 is 0 Å². The zero-order chi connectivity index (χ0) is 26.7. The lowest BCUT2D eigenvalue weighted by atomic mass is 10.1. The van der Waals surface area contributed by atoms with Gasteiger partial charge in [-0.25, -0.2) is 14.6 Å². The van der Waals surface area contributed by atoms with Crippen LogP contribution < -0.4 is 20.1 Å². The summed E-state index contributed by atoms with van der Waals surface area (Å²) in [7, 11) is 3.13. The molecule has 0 unspecified atom stereocenters. The van der Waals surface area contributed by atoms with Gasteiger partial charge in [0.2, 0.25) is 0 Å². The standard InChI is InChI=1S/C27H31N5O5/c1-17(18-8-7-13-28-15-18)32-24-21(29-25(32)33)11-12-23(30-24)31(26(34)37-27(2,3)4)16-19-9-10-20(35-5)14-22(19)36-6/h7-15,17H,16H2,1-6H3,(H,29,33)/t17-/m1/s1. The van der Waals surface area contributed by atoms with E-state index < -0.39 is 11.7 Å². The minimum absolute atomic E-state index is 0.118. The molecule has 0 saturated heterocycles. The maximum absolute atomic E-state index is 13.4. The highest BCUT2D eigenvalue weighted by molar-refractivity contribution is 5.88. The van der Waals surface area contributed by atoms with Gasteiger partial charge >= 0.3 is 11.8 Å². The van der Waals surface area contributed by atoms with Crippen LogP contribution in [0.25, 0.3) is 11.2 Å². The van der Waals surface area contributed by atoms with Crippen LogP contribution in [0.2, 0.25) is 0 Å². The molecule has 3 aromatic heterocycles. The lowest BCUT2D eigenvalue weighted by Gasteiger charge is -2.27. The molecule has 1 amide bonds. The van der Waals surface area contributed by atoms with Crippen molar-refractivity contribution in [1.82, 2.24) is 19.5 Å². The lowest BCUT2D eigenvalue weighted by Crippen LogP contribution is -2.37. The first-order valence-corrected chi connectivity index (χ1v) is 11.8. The molecule has 37 heavy (non-hydrogen) atoms. The number of pyridine rings is 2. The Hall–Kier alpha value is -4.34. The van der Waals surface area contributed by atoms with Crippen molar-refractivity contribution in [2.45, 2.75) is 45.9 Å². The molecule has 4 aromatic rings. The summed E-state index contributed by atoms with van der Waals surface area (Å²) >= 11 is 0. The summed E-state index contributed by atoms with van der Waals surface area (Å²) in [6.07, 6.45) is 2.81. The summed E-state index contributed by atoms with van der Waals surface area (Å²) in [5, 5.41) is 0. The third-order valence-corrected chi connectivity index (χ3v) is 5.82. The molecule has 0 spiro atoms. The van der Waals surface area contributed by atoms with E-state index in [1.54, 1.807) is 76.2 Å². The summed E-state index contributed by atoms with van der Waals surface area (Å²) in [4.78, 5) is 39.5. The van der Waals surface area contributed by atoms with E-state index in [9.17, 15) is 9.59 Å². The molecule has 0 radical (unpaired) electrons. The molecule has 1 aromatic carbocycles. The molecule has 0 aliphatic carbocycles.